The van der Waals surface area contributed by atoms with Crippen LogP contribution in [0.2, 0.25) is 0 Å². The van der Waals surface area contributed by atoms with Gasteiger partial charge >= 0.3 is 0 Å². The molecule has 1 saturated carbocycles. The van der Waals surface area contributed by atoms with Gasteiger partial charge in [0.2, 0.25) is 5.91 Å². The summed E-state index contributed by atoms with van der Waals surface area (Å²) < 4.78 is 0. The lowest BCUT2D eigenvalue weighted by Crippen LogP contribution is -2.24. The van der Waals surface area contributed by atoms with E-state index in [4.69, 9.17) is 18.0 Å². The molecule has 1 fully saturated rings. The molecule has 2 rings (SSSR count). The normalized spacial score (nSPS) is 16.2. The summed E-state index contributed by atoms with van der Waals surface area (Å²) >= 11 is 4.89. The number of anilines is 1. The fourth-order valence-corrected chi connectivity index (χ4v) is 2.46. The van der Waals surface area contributed by atoms with Crippen LogP contribution >= 0.6 is 12.2 Å². The van der Waals surface area contributed by atoms with Crippen molar-refractivity contribution in [3.8, 4) is 0 Å². The van der Waals surface area contributed by atoms with Crippen LogP contribution in [0.1, 0.15) is 37.7 Å². The highest BCUT2D eigenvalue weighted by Gasteiger charge is 2.20. The summed E-state index contributed by atoms with van der Waals surface area (Å²) in [4.78, 5) is 12.4. The maximum atomic E-state index is 12.0. The SMILES string of the molecule is NC(=S)c1ccc(NC(=O)C2CCCCC2)cc1. The Hall–Kier alpha value is -1.42. The van der Waals surface area contributed by atoms with E-state index in [0.717, 1.165) is 24.1 Å². The molecule has 1 aliphatic rings. The maximum Gasteiger partial charge on any atom is 0.227 e. The third-order valence-electron chi connectivity index (χ3n) is 3.41. The third-order valence-corrected chi connectivity index (χ3v) is 3.65. The van der Waals surface area contributed by atoms with E-state index in [1.54, 1.807) is 0 Å². The van der Waals surface area contributed by atoms with Crippen LogP contribution in [0.4, 0.5) is 5.69 Å². The molecule has 96 valence electrons. The molecule has 0 unspecified atom stereocenters. The molecule has 18 heavy (non-hydrogen) atoms. The van der Waals surface area contributed by atoms with Crippen LogP contribution < -0.4 is 11.1 Å². The summed E-state index contributed by atoms with van der Waals surface area (Å²) in [7, 11) is 0. The van der Waals surface area contributed by atoms with E-state index < -0.39 is 0 Å². The van der Waals surface area contributed by atoms with Gasteiger partial charge in [-0.1, -0.05) is 31.5 Å². The molecule has 1 aromatic carbocycles. The summed E-state index contributed by atoms with van der Waals surface area (Å²) in [6.45, 7) is 0. The first-order valence-corrected chi connectivity index (χ1v) is 6.78. The Labute approximate surface area is 113 Å². The molecule has 0 bridgehead atoms. The van der Waals surface area contributed by atoms with E-state index >= 15 is 0 Å². The fraction of sp³-hybridized carbons (Fsp3) is 0.429. The average Bonchev–Trinajstić information content (AvgIpc) is 2.40. The third kappa shape index (κ3) is 3.29. The molecule has 0 aromatic heterocycles. The number of hydrogen-bond donors (Lipinski definition) is 2. The van der Waals surface area contributed by atoms with Crippen molar-refractivity contribution in [1.29, 1.82) is 0 Å². The molecule has 0 atom stereocenters. The number of nitrogens with two attached hydrogens (primary N) is 1. The zero-order chi connectivity index (χ0) is 13.0. The van der Waals surface area contributed by atoms with Gasteiger partial charge in [0, 0.05) is 17.2 Å². The van der Waals surface area contributed by atoms with Crippen molar-refractivity contribution >= 4 is 28.8 Å². The second-order valence-corrected chi connectivity index (χ2v) is 5.21. The van der Waals surface area contributed by atoms with Crippen molar-refractivity contribution in [2.45, 2.75) is 32.1 Å². The zero-order valence-corrected chi connectivity index (χ0v) is 11.1. The van der Waals surface area contributed by atoms with Crippen molar-refractivity contribution in [2.24, 2.45) is 11.7 Å². The van der Waals surface area contributed by atoms with Crippen molar-refractivity contribution in [1.82, 2.24) is 0 Å². The predicted molar refractivity (Wildman–Crippen MR) is 77.5 cm³/mol. The van der Waals surface area contributed by atoms with Crippen LogP contribution in [-0.4, -0.2) is 10.9 Å². The first-order chi connectivity index (χ1) is 8.66. The summed E-state index contributed by atoms with van der Waals surface area (Å²) in [5, 5.41) is 2.95. The van der Waals surface area contributed by atoms with Gasteiger partial charge in [0.25, 0.3) is 0 Å². The van der Waals surface area contributed by atoms with Crippen molar-refractivity contribution < 1.29 is 4.79 Å². The molecule has 0 aliphatic heterocycles. The average molecular weight is 262 g/mol. The first-order valence-electron chi connectivity index (χ1n) is 6.37. The smallest absolute Gasteiger partial charge is 0.227 e. The monoisotopic (exact) mass is 262 g/mol. The summed E-state index contributed by atoms with van der Waals surface area (Å²) in [6, 6.07) is 7.35. The lowest BCUT2D eigenvalue weighted by molar-refractivity contribution is -0.120. The second-order valence-electron chi connectivity index (χ2n) is 4.77. The zero-order valence-electron chi connectivity index (χ0n) is 10.3. The molecule has 1 amide bonds. The van der Waals surface area contributed by atoms with Crippen molar-refractivity contribution in [2.75, 3.05) is 5.32 Å². The number of carbonyl (C=O) groups is 1. The van der Waals surface area contributed by atoms with E-state index in [0.29, 0.717) is 4.99 Å². The van der Waals surface area contributed by atoms with Crippen LogP contribution in [0.25, 0.3) is 0 Å². The molecule has 1 aromatic rings. The fourth-order valence-electron chi connectivity index (χ4n) is 2.33. The van der Waals surface area contributed by atoms with E-state index in [2.05, 4.69) is 5.32 Å². The number of rotatable bonds is 3. The number of thiocarbonyl (C=S) groups is 1. The van der Waals surface area contributed by atoms with Crippen LogP contribution in [0.15, 0.2) is 24.3 Å². The highest BCUT2D eigenvalue weighted by Crippen LogP contribution is 2.25. The molecular weight excluding hydrogens is 244 g/mol. The van der Waals surface area contributed by atoms with E-state index in [-0.39, 0.29) is 11.8 Å². The molecule has 3 nitrogen and oxygen atoms in total. The molecule has 0 radical (unpaired) electrons. The largest absolute Gasteiger partial charge is 0.389 e. The number of amides is 1. The minimum Gasteiger partial charge on any atom is -0.389 e. The molecular formula is C14H18N2OS. The Balaban J connectivity index is 1.96. The summed E-state index contributed by atoms with van der Waals surface area (Å²) in [6.07, 6.45) is 5.61. The Morgan fingerprint density at radius 3 is 2.33 bits per heavy atom. The van der Waals surface area contributed by atoms with E-state index in [9.17, 15) is 4.79 Å². The van der Waals surface area contributed by atoms with Gasteiger partial charge in [0.1, 0.15) is 4.99 Å². The van der Waals surface area contributed by atoms with Crippen LogP contribution in [0, 0.1) is 5.92 Å². The van der Waals surface area contributed by atoms with Crippen molar-refractivity contribution in [3.05, 3.63) is 29.8 Å². The van der Waals surface area contributed by atoms with Gasteiger partial charge in [-0.05, 0) is 37.1 Å². The van der Waals surface area contributed by atoms with Crippen LogP contribution in [0.5, 0.6) is 0 Å². The lowest BCUT2D eigenvalue weighted by Gasteiger charge is -2.20. The van der Waals surface area contributed by atoms with E-state index in [1.165, 1.54) is 19.3 Å². The van der Waals surface area contributed by atoms with Gasteiger partial charge < -0.3 is 11.1 Å². The molecule has 1 aliphatic carbocycles. The molecule has 0 heterocycles. The number of hydrogen-bond acceptors (Lipinski definition) is 2. The predicted octanol–water partition coefficient (Wildman–Crippen LogP) is 2.84. The summed E-state index contributed by atoms with van der Waals surface area (Å²) in [5.74, 6) is 0.312. The minimum absolute atomic E-state index is 0.137. The Bertz CT molecular complexity index is 436. The highest BCUT2D eigenvalue weighted by atomic mass is 32.1. The van der Waals surface area contributed by atoms with Gasteiger partial charge in [0.15, 0.2) is 0 Å². The Morgan fingerprint density at radius 1 is 1.17 bits per heavy atom. The van der Waals surface area contributed by atoms with Gasteiger partial charge in [-0.15, -0.1) is 0 Å². The quantitative estimate of drug-likeness (QED) is 0.824. The molecule has 0 saturated heterocycles. The lowest BCUT2D eigenvalue weighted by atomic mass is 9.88. The second kappa shape index (κ2) is 5.96. The number of carbonyl (C=O) groups excluding carboxylic acids is 1. The van der Waals surface area contributed by atoms with Gasteiger partial charge in [-0.25, -0.2) is 0 Å². The van der Waals surface area contributed by atoms with E-state index in [1.807, 2.05) is 24.3 Å². The van der Waals surface area contributed by atoms with Gasteiger partial charge in [0.05, 0.1) is 0 Å². The number of nitrogens with one attached hydrogen (secondary N) is 1. The maximum absolute atomic E-state index is 12.0. The number of benzene rings is 1. The minimum atomic E-state index is 0.137. The Kier molecular flexibility index (Phi) is 4.31. The summed E-state index contributed by atoms with van der Waals surface area (Å²) in [5.41, 5.74) is 7.16. The van der Waals surface area contributed by atoms with Gasteiger partial charge in [-0.3, -0.25) is 4.79 Å². The van der Waals surface area contributed by atoms with Crippen molar-refractivity contribution in [3.63, 3.8) is 0 Å². The molecule has 0 spiro atoms. The molecule has 3 N–H and O–H groups in total. The van der Waals surface area contributed by atoms with Crippen LogP contribution in [-0.2, 0) is 4.79 Å². The highest BCUT2D eigenvalue weighted by molar-refractivity contribution is 7.80. The first kappa shape index (κ1) is 13.0. The Morgan fingerprint density at radius 2 is 1.78 bits per heavy atom. The standard InChI is InChI=1S/C14H18N2OS/c15-13(18)10-6-8-12(9-7-10)16-14(17)11-4-2-1-3-5-11/h6-9,11H,1-5H2,(H2,15,18)(H,16,17). The van der Waals surface area contributed by atoms with Crippen LogP contribution in [0.3, 0.4) is 0 Å². The molecule has 4 heteroatoms. The topological polar surface area (TPSA) is 55.1 Å². The van der Waals surface area contributed by atoms with Gasteiger partial charge in [-0.2, -0.15) is 0 Å².